The Hall–Kier alpha value is -2.54. The molecule has 4 rings (SSSR count). The third-order valence-electron chi connectivity index (χ3n) is 3.94. The number of alkyl halides is 1. The van der Waals surface area contributed by atoms with E-state index in [1.165, 1.54) is 12.1 Å². The molecule has 1 saturated heterocycles. The minimum absolute atomic E-state index is 0.253. The molecule has 3 aromatic rings. The average Bonchev–Trinajstić information content (AvgIpc) is 2.95. The van der Waals surface area contributed by atoms with Crippen molar-refractivity contribution in [2.45, 2.75) is 6.30 Å². The Morgan fingerprint density at radius 1 is 1.17 bits per heavy atom. The lowest BCUT2D eigenvalue weighted by molar-refractivity contribution is 0.278. The molecule has 0 bridgehead atoms. The van der Waals surface area contributed by atoms with E-state index in [1.807, 2.05) is 6.07 Å². The molecule has 1 N–H and O–H groups in total. The molecule has 23 heavy (non-hydrogen) atoms. The van der Waals surface area contributed by atoms with Crippen LogP contribution in [-0.4, -0.2) is 40.5 Å². The van der Waals surface area contributed by atoms with E-state index in [-0.39, 0.29) is 12.4 Å². The maximum Gasteiger partial charge on any atom is 0.186 e. The van der Waals surface area contributed by atoms with Crippen molar-refractivity contribution < 1.29 is 8.78 Å². The van der Waals surface area contributed by atoms with E-state index < -0.39 is 6.30 Å². The van der Waals surface area contributed by atoms with Gasteiger partial charge in [-0.15, -0.1) is 0 Å². The largest absolute Gasteiger partial charge is 0.322 e. The summed E-state index contributed by atoms with van der Waals surface area (Å²) in [5.74, 6) is 0.281. The summed E-state index contributed by atoms with van der Waals surface area (Å²) in [5.41, 5.74) is 1.97. The first-order valence-corrected chi connectivity index (χ1v) is 7.45. The molecule has 1 aliphatic rings. The van der Waals surface area contributed by atoms with Crippen LogP contribution in [0, 0.1) is 5.82 Å². The summed E-state index contributed by atoms with van der Waals surface area (Å²) in [7, 11) is 0. The van der Waals surface area contributed by atoms with Crippen LogP contribution in [0.1, 0.15) is 0 Å². The second kappa shape index (κ2) is 5.58. The van der Waals surface area contributed by atoms with Gasteiger partial charge in [0.05, 0.1) is 0 Å². The van der Waals surface area contributed by atoms with Gasteiger partial charge in [-0.2, -0.15) is 9.61 Å². The monoisotopic (exact) mass is 315 g/mol. The Morgan fingerprint density at radius 2 is 2.00 bits per heavy atom. The van der Waals surface area contributed by atoms with Gasteiger partial charge in [-0.05, 0) is 36.4 Å². The Bertz CT molecular complexity index is 830. The summed E-state index contributed by atoms with van der Waals surface area (Å²) in [6, 6.07) is 9.65. The van der Waals surface area contributed by atoms with Gasteiger partial charge in [-0.3, -0.25) is 0 Å². The van der Waals surface area contributed by atoms with E-state index in [9.17, 15) is 8.78 Å². The van der Waals surface area contributed by atoms with Gasteiger partial charge in [0, 0.05) is 31.4 Å². The number of piperazine rings is 1. The molecule has 1 atom stereocenters. The average molecular weight is 315 g/mol. The normalized spacial score (nSPS) is 18.5. The quantitative estimate of drug-likeness (QED) is 0.737. The zero-order valence-corrected chi connectivity index (χ0v) is 12.3. The number of aromatic nitrogens is 3. The van der Waals surface area contributed by atoms with Crippen LogP contribution in [0.4, 0.5) is 14.6 Å². The molecule has 3 heterocycles. The summed E-state index contributed by atoms with van der Waals surface area (Å²) in [5, 5.41) is 7.33. The summed E-state index contributed by atoms with van der Waals surface area (Å²) in [4.78, 5) is 6.23. The SMILES string of the molecule is Fc1ccc(-c2nc3cccnn3c2N2CCNCC2F)cc1. The third-order valence-corrected chi connectivity index (χ3v) is 3.94. The highest BCUT2D eigenvalue weighted by Gasteiger charge is 2.28. The number of anilines is 1. The molecule has 0 amide bonds. The van der Waals surface area contributed by atoms with Crippen molar-refractivity contribution in [1.29, 1.82) is 0 Å². The predicted molar refractivity (Wildman–Crippen MR) is 83.5 cm³/mol. The fourth-order valence-corrected chi connectivity index (χ4v) is 2.85. The van der Waals surface area contributed by atoms with E-state index in [0.717, 1.165) is 5.56 Å². The van der Waals surface area contributed by atoms with Gasteiger partial charge in [-0.25, -0.2) is 13.8 Å². The number of halogens is 2. The van der Waals surface area contributed by atoms with Gasteiger partial charge in [0.2, 0.25) is 0 Å². The van der Waals surface area contributed by atoms with Crippen LogP contribution < -0.4 is 10.2 Å². The smallest absolute Gasteiger partial charge is 0.186 e. The zero-order chi connectivity index (χ0) is 15.8. The minimum atomic E-state index is -1.16. The highest BCUT2D eigenvalue weighted by atomic mass is 19.1. The molecule has 1 aromatic carbocycles. The van der Waals surface area contributed by atoms with Gasteiger partial charge in [0.1, 0.15) is 11.5 Å². The highest BCUT2D eigenvalue weighted by Crippen LogP contribution is 2.32. The van der Waals surface area contributed by atoms with Gasteiger partial charge >= 0.3 is 0 Å². The van der Waals surface area contributed by atoms with Crippen molar-refractivity contribution >= 4 is 11.5 Å². The first-order valence-electron chi connectivity index (χ1n) is 7.45. The lowest BCUT2D eigenvalue weighted by atomic mass is 10.1. The summed E-state index contributed by atoms with van der Waals surface area (Å²) in [6.07, 6.45) is 0.479. The number of fused-ring (bicyclic) bond motifs is 1. The molecule has 0 saturated carbocycles. The number of hydrogen-bond acceptors (Lipinski definition) is 4. The Balaban J connectivity index is 1.92. The molecule has 1 aliphatic heterocycles. The number of nitrogens with one attached hydrogen (secondary N) is 1. The molecule has 0 aliphatic carbocycles. The molecule has 0 spiro atoms. The van der Waals surface area contributed by atoms with Crippen LogP contribution in [0.5, 0.6) is 0 Å². The minimum Gasteiger partial charge on any atom is -0.322 e. The number of hydrogen-bond donors (Lipinski definition) is 1. The van der Waals surface area contributed by atoms with Gasteiger partial charge in [-0.1, -0.05) is 0 Å². The molecule has 2 aromatic heterocycles. The van der Waals surface area contributed by atoms with Crippen LogP contribution in [0.15, 0.2) is 42.6 Å². The number of imidazole rings is 1. The third kappa shape index (κ3) is 2.43. The van der Waals surface area contributed by atoms with Crippen molar-refractivity contribution in [1.82, 2.24) is 19.9 Å². The molecular weight excluding hydrogens is 300 g/mol. The highest BCUT2D eigenvalue weighted by molar-refractivity contribution is 5.77. The number of nitrogens with zero attached hydrogens (tertiary/aromatic N) is 4. The van der Waals surface area contributed by atoms with Crippen LogP contribution in [0.2, 0.25) is 0 Å². The van der Waals surface area contributed by atoms with Crippen molar-refractivity contribution in [3.63, 3.8) is 0 Å². The Kier molecular flexibility index (Phi) is 3.42. The Morgan fingerprint density at radius 3 is 2.78 bits per heavy atom. The van der Waals surface area contributed by atoms with Gasteiger partial charge in [0.15, 0.2) is 17.8 Å². The summed E-state index contributed by atoms with van der Waals surface area (Å²) in [6.45, 7) is 1.45. The van der Waals surface area contributed by atoms with E-state index in [0.29, 0.717) is 30.2 Å². The molecule has 1 unspecified atom stereocenters. The van der Waals surface area contributed by atoms with E-state index in [2.05, 4.69) is 15.4 Å². The lowest BCUT2D eigenvalue weighted by Gasteiger charge is -2.32. The predicted octanol–water partition coefficient (Wildman–Crippen LogP) is 2.24. The molecule has 1 fully saturated rings. The van der Waals surface area contributed by atoms with Crippen LogP contribution in [0.3, 0.4) is 0 Å². The van der Waals surface area contributed by atoms with Gasteiger partial charge in [0.25, 0.3) is 0 Å². The van der Waals surface area contributed by atoms with Crippen LogP contribution in [0.25, 0.3) is 16.9 Å². The van der Waals surface area contributed by atoms with Crippen molar-refractivity contribution in [3.8, 4) is 11.3 Å². The van der Waals surface area contributed by atoms with Crippen molar-refractivity contribution in [3.05, 3.63) is 48.4 Å². The Labute approximate surface area is 131 Å². The molecule has 5 nitrogen and oxygen atoms in total. The fourth-order valence-electron chi connectivity index (χ4n) is 2.85. The van der Waals surface area contributed by atoms with Crippen molar-refractivity contribution in [2.24, 2.45) is 0 Å². The van der Waals surface area contributed by atoms with E-state index in [1.54, 1.807) is 33.8 Å². The first-order chi connectivity index (χ1) is 11.2. The van der Waals surface area contributed by atoms with Crippen LogP contribution >= 0.6 is 0 Å². The van der Waals surface area contributed by atoms with E-state index in [4.69, 9.17) is 0 Å². The first kappa shape index (κ1) is 14.1. The second-order valence-electron chi connectivity index (χ2n) is 5.42. The van der Waals surface area contributed by atoms with Crippen LogP contribution in [-0.2, 0) is 0 Å². The summed E-state index contributed by atoms with van der Waals surface area (Å²) >= 11 is 0. The number of rotatable bonds is 2. The maximum atomic E-state index is 14.4. The standard InChI is InChI=1S/C16H15F2N5/c17-12-5-3-11(4-6-12)15-16(22-9-8-19-10-13(22)18)23-14(21-15)2-1-7-20-23/h1-7,13,19H,8-10H2. The molecule has 118 valence electrons. The molecule has 0 radical (unpaired) electrons. The second-order valence-corrected chi connectivity index (χ2v) is 5.42. The zero-order valence-electron chi connectivity index (χ0n) is 12.3. The maximum absolute atomic E-state index is 14.4. The lowest BCUT2D eigenvalue weighted by Crippen LogP contribution is -2.49. The molecule has 7 heteroatoms. The molecular formula is C16H15F2N5. The number of benzene rings is 1. The topological polar surface area (TPSA) is 45.5 Å². The fraction of sp³-hybridized carbons (Fsp3) is 0.250. The van der Waals surface area contributed by atoms with E-state index >= 15 is 0 Å². The van der Waals surface area contributed by atoms with Crippen molar-refractivity contribution in [2.75, 3.05) is 24.5 Å². The van der Waals surface area contributed by atoms with Gasteiger partial charge < -0.3 is 10.2 Å². The summed E-state index contributed by atoms with van der Waals surface area (Å²) < 4.78 is 29.3.